The highest BCUT2D eigenvalue weighted by Crippen LogP contribution is 2.37. The largest absolute Gasteiger partial charge is 0.326 e. The number of amides is 1. The molecule has 0 spiro atoms. The number of hydrogen-bond donors (Lipinski definition) is 2. The average molecular weight is 412 g/mol. The van der Waals surface area contributed by atoms with Crippen LogP contribution in [0.25, 0.3) is 22.2 Å². The van der Waals surface area contributed by atoms with Gasteiger partial charge in [-0.25, -0.2) is 0 Å². The molecule has 0 atom stereocenters. The molecule has 0 saturated carbocycles. The molecule has 6 nitrogen and oxygen atoms in total. The minimum absolute atomic E-state index is 0.0998. The van der Waals surface area contributed by atoms with Crippen molar-refractivity contribution in [3.05, 3.63) is 80.8 Å². The maximum Gasteiger partial charge on any atom is 0.253 e. The highest BCUT2D eigenvalue weighted by atomic mass is 16.1. The van der Waals surface area contributed by atoms with Crippen molar-refractivity contribution in [1.82, 2.24) is 14.8 Å². The van der Waals surface area contributed by atoms with Crippen molar-refractivity contribution < 1.29 is 4.79 Å². The number of carbonyl (C=O) groups excluding carboxylic acids is 1. The number of fused-ring (bicyclic) bond motifs is 4. The molecule has 1 aliphatic rings. The number of nitrogens with zero attached hydrogens (tertiary/aromatic N) is 2. The van der Waals surface area contributed by atoms with Crippen molar-refractivity contribution in [1.29, 1.82) is 0 Å². The van der Waals surface area contributed by atoms with Crippen LogP contribution in [0.1, 0.15) is 34.4 Å². The van der Waals surface area contributed by atoms with E-state index in [9.17, 15) is 9.59 Å². The van der Waals surface area contributed by atoms with Gasteiger partial charge in [-0.3, -0.25) is 14.3 Å². The lowest BCUT2D eigenvalue weighted by Gasteiger charge is -2.09. The highest BCUT2D eigenvalue weighted by Gasteiger charge is 2.19. The maximum atomic E-state index is 12.6. The maximum absolute atomic E-state index is 12.6. The standard InChI is InChI=1S/C25H24N4O2/c1-14-19(25(31)27-24-23(14)15(2)28-29(24)3)10-11-22(30)26-18-8-9-21-17(13-18)12-16-6-4-5-7-20(16)21/h4-9,13H,10-12H2,1-3H3,(H,26,30)(H,27,31). The Morgan fingerprint density at radius 3 is 2.74 bits per heavy atom. The summed E-state index contributed by atoms with van der Waals surface area (Å²) in [5, 5.41) is 8.34. The van der Waals surface area contributed by atoms with Crippen LogP contribution < -0.4 is 10.9 Å². The molecule has 0 aliphatic heterocycles. The van der Waals surface area contributed by atoms with E-state index in [4.69, 9.17) is 0 Å². The van der Waals surface area contributed by atoms with Gasteiger partial charge in [-0.15, -0.1) is 0 Å². The number of rotatable bonds is 4. The fraction of sp³-hybridized carbons (Fsp3) is 0.240. The Labute approximate surface area is 179 Å². The third-order valence-corrected chi connectivity index (χ3v) is 6.24. The van der Waals surface area contributed by atoms with Gasteiger partial charge in [0.25, 0.3) is 5.56 Å². The van der Waals surface area contributed by atoms with E-state index >= 15 is 0 Å². The fourth-order valence-electron chi connectivity index (χ4n) is 4.74. The second kappa shape index (κ2) is 7.23. The van der Waals surface area contributed by atoms with Crippen LogP contribution in [0.3, 0.4) is 0 Å². The number of aryl methyl sites for hydroxylation is 3. The molecule has 2 heterocycles. The van der Waals surface area contributed by atoms with Gasteiger partial charge in [0.15, 0.2) is 0 Å². The second-order valence-corrected chi connectivity index (χ2v) is 8.24. The summed E-state index contributed by atoms with van der Waals surface area (Å²) < 4.78 is 1.68. The summed E-state index contributed by atoms with van der Waals surface area (Å²) in [6.45, 7) is 3.86. The van der Waals surface area contributed by atoms with Gasteiger partial charge in [0.2, 0.25) is 5.91 Å². The topological polar surface area (TPSA) is 79.8 Å². The minimum atomic E-state index is -0.156. The van der Waals surface area contributed by atoms with Gasteiger partial charge in [0.05, 0.1) is 5.69 Å². The summed E-state index contributed by atoms with van der Waals surface area (Å²) in [6, 6.07) is 14.5. The van der Waals surface area contributed by atoms with E-state index in [1.165, 1.54) is 22.3 Å². The van der Waals surface area contributed by atoms with Crippen LogP contribution in [0, 0.1) is 13.8 Å². The number of hydrogen-bond acceptors (Lipinski definition) is 3. The molecule has 5 rings (SSSR count). The Balaban J connectivity index is 1.32. The zero-order valence-electron chi connectivity index (χ0n) is 17.9. The molecule has 0 radical (unpaired) electrons. The Morgan fingerprint density at radius 1 is 1.13 bits per heavy atom. The Hall–Kier alpha value is -3.67. The van der Waals surface area contributed by atoms with Gasteiger partial charge < -0.3 is 10.3 Å². The van der Waals surface area contributed by atoms with Crippen LogP contribution in [-0.4, -0.2) is 20.7 Å². The summed E-state index contributed by atoms with van der Waals surface area (Å²) in [7, 11) is 1.81. The van der Waals surface area contributed by atoms with Crippen LogP contribution >= 0.6 is 0 Å². The lowest BCUT2D eigenvalue weighted by molar-refractivity contribution is -0.116. The van der Waals surface area contributed by atoms with Crippen molar-refractivity contribution in [3.8, 4) is 11.1 Å². The van der Waals surface area contributed by atoms with Crippen molar-refractivity contribution in [2.24, 2.45) is 7.05 Å². The van der Waals surface area contributed by atoms with Gasteiger partial charge in [0.1, 0.15) is 5.65 Å². The number of pyridine rings is 1. The summed E-state index contributed by atoms with van der Waals surface area (Å²) in [6.07, 6.45) is 1.51. The monoisotopic (exact) mass is 412 g/mol. The normalized spacial score (nSPS) is 12.1. The van der Waals surface area contributed by atoms with E-state index in [0.717, 1.165) is 28.8 Å². The summed E-state index contributed by atoms with van der Waals surface area (Å²) in [4.78, 5) is 28.1. The molecule has 4 aromatic rings. The smallest absolute Gasteiger partial charge is 0.253 e. The van der Waals surface area contributed by atoms with E-state index < -0.39 is 0 Å². The average Bonchev–Trinajstić information content (AvgIpc) is 3.24. The molecular weight excluding hydrogens is 388 g/mol. The molecule has 0 fully saturated rings. The Kier molecular flexibility index (Phi) is 4.50. The van der Waals surface area contributed by atoms with Crippen LogP contribution in [0.15, 0.2) is 47.3 Å². The van der Waals surface area contributed by atoms with Crippen LogP contribution in [0.5, 0.6) is 0 Å². The summed E-state index contributed by atoms with van der Waals surface area (Å²) in [5.41, 5.74) is 8.80. The Morgan fingerprint density at radius 2 is 1.90 bits per heavy atom. The molecule has 156 valence electrons. The molecule has 1 aliphatic carbocycles. The van der Waals surface area contributed by atoms with Crippen molar-refractivity contribution in [2.75, 3.05) is 5.32 Å². The third-order valence-electron chi connectivity index (χ3n) is 6.24. The number of nitrogens with one attached hydrogen (secondary N) is 2. The molecule has 0 unspecified atom stereocenters. The zero-order chi connectivity index (χ0) is 21.7. The molecule has 31 heavy (non-hydrogen) atoms. The van der Waals surface area contributed by atoms with E-state index in [2.05, 4.69) is 51.8 Å². The van der Waals surface area contributed by atoms with E-state index in [1.54, 1.807) is 4.68 Å². The number of H-pyrrole nitrogens is 1. The first kappa shape index (κ1) is 19.3. The van der Waals surface area contributed by atoms with Gasteiger partial charge in [-0.1, -0.05) is 30.3 Å². The number of carbonyl (C=O) groups is 1. The molecule has 2 N–H and O–H groups in total. The van der Waals surface area contributed by atoms with Crippen LogP contribution in [0.4, 0.5) is 5.69 Å². The summed E-state index contributed by atoms with van der Waals surface area (Å²) in [5.74, 6) is -0.0998. The van der Waals surface area contributed by atoms with Crippen molar-refractivity contribution in [3.63, 3.8) is 0 Å². The lowest BCUT2D eigenvalue weighted by atomic mass is 10.0. The Bertz CT molecular complexity index is 1410. The molecule has 2 aromatic carbocycles. The molecule has 0 saturated heterocycles. The number of aromatic nitrogens is 3. The molecular formula is C25H24N4O2. The predicted molar refractivity (Wildman–Crippen MR) is 122 cm³/mol. The summed E-state index contributed by atoms with van der Waals surface area (Å²) >= 11 is 0. The first-order valence-corrected chi connectivity index (χ1v) is 10.5. The molecule has 1 amide bonds. The third kappa shape index (κ3) is 3.24. The zero-order valence-corrected chi connectivity index (χ0v) is 17.9. The van der Waals surface area contributed by atoms with Crippen LogP contribution in [-0.2, 0) is 24.7 Å². The molecule has 2 aromatic heterocycles. The van der Waals surface area contributed by atoms with Gasteiger partial charge in [-0.2, -0.15) is 5.10 Å². The van der Waals surface area contributed by atoms with Crippen molar-refractivity contribution >= 4 is 22.6 Å². The molecule has 6 heteroatoms. The number of anilines is 1. The molecule has 0 bridgehead atoms. The highest BCUT2D eigenvalue weighted by molar-refractivity contribution is 5.92. The lowest BCUT2D eigenvalue weighted by Crippen LogP contribution is -2.19. The fourth-order valence-corrected chi connectivity index (χ4v) is 4.74. The SMILES string of the molecule is Cc1nn(C)c2[nH]c(=O)c(CCC(=O)Nc3ccc4c(c3)Cc3ccccc3-4)c(C)c12. The van der Waals surface area contributed by atoms with E-state index in [-0.39, 0.29) is 17.9 Å². The van der Waals surface area contributed by atoms with E-state index in [1.807, 2.05) is 27.0 Å². The first-order chi connectivity index (χ1) is 14.9. The van der Waals surface area contributed by atoms with Gasteiger partial charge >= 0.3 is 0 Å². The minimum Gasteiger partial charge on any atom is -0.326 e. The van der Waals surface area contributed by atoms with Gasteiger partial charge in [-0.05, 0) is 66.6 Å². The first-order valence-electron chi connectivity index (χ1n) is 10.5. The number of benzene rings is 2. The second-order valence-electron chi connectivity index (χ2n) is 8.24. The number of aromatic amines is 1. The van der Waals surface area contributed by atoms with Gasteiger partial charge in [0, 0.05) is 30.1 Å². The van der Waals surface area contributed by atoms with Crippen molar-refractivity contribution in [2.45, 2.75) is 33.1 Å². The predicted octanol–water partition coefficient (Wildman–Crippen LogP) is 4.02. The van der Waals surface area contributed by atoms with E-state index in [0.29, 0.717) is 17.6 Å². The quantitative estimate of drug-likeness (QED) is 0.468. The van der Waals surface area contributed by atoms with Crippen LogP contribution in [0.2, 0.25) is 0 Å².